The van der Waals surface area contributed by atoms with Gasteiger partial charge < -0.3 is 10.1 Å². The first kappa shape index (κ1) is 25.6. The molecule has 1 atom stereocenters. The fourth-order valence-corrected chi connectivity index (χ4v) is 4.72. The number of carbonyl (C=O) groups excluding carboxylic acids is 2. The molecule has 0 aliphatic rings. The van der Waals surface area contributed by atoms with E-state index in [2.05, 4.69) is 5.32 Å². The van der Waals surface area contributed by atoms with Gasteiger partial charge in [0.2, 0.25) is 5.91 Å². The van der Waals surface area contributed by atoms with Crippen LogP contribution in [0.5, 0.6) is 0 Å². The zero-order valence-electron chi connectivity index (χ0n) is 20.9. The average Bonchev–Trinajstić information content (AvgIpc) is 2.97. The van der Waals surface area contributed by atoms with E-state index < -0.39 is 17.4 Å². The summed E-state index contributed by atoms with van der Waals surface area (Å²) in [5, 5.41) is 2.95. The zero-order chi connectivity index (χ0) is 25.9. The molecule has 0 aromatic heterocycles. The number of benzene rings is 4. The van der Waals surface area contributed by atoms with Gasteiger partial charge in [0.25, 0.3) is 0 Å². The summed E-state index contributed by atoms with van der Waals surface area (Å²) in [6, 6.07) is 39.1. The molecule has 4 rings (SSSR count). The van der Waals surface area contributed by atoms with Crippen molar-refractivity contribution in [2.45, 2.75) is 24.3 Å². The smallest absolute Gasteiger partial charge is 0.328 e. The molecule has 1 amide bonds. The predicted octanol–water partition coefficient (Wildman–Crippen LogP) is 6.17. The number of hydrogen-bond donors (Lipinski definition) is 1. The van der Waals surface area contributed by atoms with E-state index in [-0.39, 0.29) is 12.3 Å². The van der Waals surface area contributed by atoms with E-state index in [1.807, 2.05) is 133 Å². The van der Waals surface area contributed by atoms with Crippen molar-refractivity contribution in [1.82, 2.24) is 5.32 Å². The molecule has 0 fully saturated rings. The fourth-order valence-electron chi connectivity index (χ4n) is 4.72. The minimum absolute atomic E-state index is 0.126. The Balaban J connectivity index is 1.67. The quantitative estimate of drug-likeness (QED) is 0.214. The van der Waals surface area contributed by atoms with Crippen LogP contribution in [0.3, 0.4) is 0 Å². The lowest BCUT2D eigenvalue weighted by atomic mass is 9.67. The molecule has 0 saturated carbocycles. The molecule has 37 heavy (non-hydrogen) atoms. The van der Waals surface area contributed by atoms with Crippen LogP contribution >= 0.6 is 0 Å². The van der Waals surface area contributed by atoms with Gasteiger partial charge in [0.1, 0.15) is 6.04 Å². The second-order valence-electron chi connectivity index (χ2n) is 8.87. The number of amides is 1. The van der Waals surface area contributed by atoms with Crippen LogP contribution in [0.25, 0.3) is 6.08 Å². The van der Waals surface area contributed by atoms with Gasteiger partial charge in [-0.1, -0.05) is 133 Å². The summed E-state index contributed by atoms with van der Waals surface area (Å²) >= 11 is 0. The van der Waals surface area contributed by atoms with Crippen LogP contribution in [0.15, 0.2) is 127 Å². The molecule has 0 aliphatic carbocycles. The van der Waals surface area contributed by atoms with Gasteiger partial charge >= 0.3 is 5.97 Å². The first-order valence-corrected chi connectivity index (χ1v) is 12.4. The SMILES string of the molecule is COC(=O)[C@H](C/C=C/c1ccccc1)NC(=O)CC(c1ccccc1)(c1ccccc1)c1ccccc1. The Morgan fingerprint density at radius 1 is 0.730 bits per heavy atom. The van der Waals surface area contributed by atoms with Crippen molar-refractivity contribution in [2.24, 2.45) is 0 Å². The lowest BCUT2D eigenvalue weighted by Gasteiger charge is -2.36. The molecule has 0 heterocycles. The van der Waals surface area contributed by atoms with Crippen molar-refractivity contribution < 1.29 is 14.3 Å². The third kappa shape index (κ3) is 6.22. The Kier molecular flexibility index (Phi) is 8.66. The number of hydrogen-bond acceptors (Lipinski definition) is 3. The van der Waals surface area contributed by atoms with E-state index in [9.17, 15) is 9.59 Å². The molecule has 186 valence electrons. The highest BCUT2D eigenvalue weighted by molar-refractivity contribution is 5.86. The number of esters is 1. The second kappa shape index (κ2) is 12.5. The molecular weight excluding hydrogens is 458 g/mol. The molecule has 4 nitrogen and oxygen atoms in total. The Labute approximate surface area is 218 Å². The maximum Gasteiger partial charge on any atom is 0.328 e. The molecule has 0 radical (unpaired) electrons. The third-order valence-corrected chi connectivity index (χ3v) is 6.53. The van der Waals surface area contributed by atoms with Crippen LogP contribution in [0.4, 0.5) is 0 Å². The summed E-state index contributed by atoms with van der Waals surface area (Å²) in [7, 11) is 1.34. The minimum atomic E-state index is -0.794. The van der Waals surface area contributed by atoms with Crippen molar-refractivity contribution in [1.29, 1.82) is 0 Å². The van der Waals surface area contributed by atoms with E-state index in [0.29, 0.717) is 6.42 Å². The zero-order valence-corrected chi connectivity index (χ0v) is 20.9. The molecular formula is C33H31NO3. The number of carbonyl (C=O) groups is 2. The van der Waals surface area contributed by atoms with Crippen molar-refractivity contribution in [3.8, 4) is 0 Å². The van der Waals surface area contributed by atoms with Crippen LogP contribution in [-0.2, 0) is 19.7 Å². The molecule has 0 aliphatic heterocycles. The van der Waals surface area contributed by atoms with Crippen LogP contribution in [-0.4, -0.2) is 25.0 Å². The van der Waals surface area contributed by atoms with Gasteiger partial charge in [-0.25, -0.2) is 4.79 Å². The topological polar surface area (TPSA) is 55.4 Å². The molecule has 4 heteroatoms. The molecule has 1 N–H and O–H groups in total. The highest BCUT2D eigenvalue weighted by atomic mass is 16.5. The highest BCUT2D eigenvalue weighted by Gasteiger charge is 2.39. The highest BCUT2D eigenvalue weighted by Crippen LogP contribution is 2.42. The van der Waals surface area contributed by atoms with Crippen molar-refractivity contribution >= 4 is 18.0 Å². The summed E-state index contributed by atoms with van der Waals surface area (Å²) in [5.41, 5.74) is 3.28. The summed E-state index contributed by atoms with van der Waals surface area (Å²) in [6.07, 6.45) is 4.27. The first-order chi connectivity index (χ1) is 18.1. The van der Waals surface area contributed by atoms with Crippen molar-refractivity contribution in [3.05, 3.63) is 150 Å². The largest absolute Gasteiger partial charge is 0.467 e. The van der Waals surface area contributed by atoms with Gasteiger partial charge in [-0.3, -0.25) is 4.79 Å². The average molecular weight is 490 g/mol. The fraction of sp³-hybridized carbons (Fsp3) is 0.152. The molecule has 0 spiro atoms. The summed E-state index contributed by atoms with van der Waals surface area (Å²) in [4.78, 5) is 26.3. The molecule has 0 unspecified atom stereocenters. The summed E-state index contributed by atoms with van der Waals surface area (Å²) < 4.78 is 5.01. The minimum Gasteiger partial charge on any atom is -0.467 e. The molecule has 4 aromatic carbocycles. The second-order valence-corrected chi connectivity index (χ2v) is 8.87. The Bertz CT molecular complexity index is 1210. The Morgan fingerprint density at radius 3 is 1.59 bits per heavy atom. The van der Waals surface area contributed by atoms with Crippen LogP contribution in [0.1, 0.15) is 35.1 Å². The number of ether oxygens (including phenoxy) is 1. The molecule has 4 aromatic rings. The van der Waals surface area contributed by atoms with E-state index in [1.54, 1.807) is 0 Å². The van der Waals surface area contributed by atoms with Gasteiger partial charge in [0.05, 0.1) is 12.5 Å². The van der Waals surface area contributed by atoms with Gasteiger partial charge in [0.15, 0.2) is 0 Å². The van der Waals surface area contributed by atoms with Gasteiger partial charge in [-0.05, 0) is 28.7 Å². The summed E-state index contributed by atoms with van der Waals surface area (Å²) in [5.74, 6) is -0.712. The monoisotopic (exact) mass is 489 g/mol. The predicted molar refractivity (Wildman–Crippen MR) is 148 cm³/mol. The van der Waals surface area contributed by atoms with Crippen LogP contribution in [0, 0.1) is 0 Å². The third-order valence-electron chi connectivity index (χ3n) is 6.53. The van der Waals surface area contributed by atoms with Gasteiger partial charge in [-0.15, -0.1) is 0 Å². The van der Waals surface area contributed by atoms with E-state index in [0.717, 1.165) is 22.3 Å². The maximum atomic E-state index is 13.7. The molecule has 0 bridgehead atoms. The van der Waals surface area contributed by atoms with E-state index in [1.165, 1.54) is 7.11 Å². The lowest BCUT2D eigenvalue weighted by molar-refractivity contribution is -0.145. The van der Waals surface area contributed by atoms with Gasteiger partial charge in [-0.2, -0.15) is 0 Å². The van der Waals surface area contributed by atoms with Crippen molar-refractivity contribution in [2.75, 3.05) is 7.11 Å². The van der Waals surface area contributed by atoms with E-state index >= 15 is 0 Å². The lowest BCUT2D eigenvalue weighted by Crippen LogP contribution is -2.44. The van der Waals surface area contributed by atoms with E-state index in [4.69, 9.17) is 4.74 Å². The van der Waals surface area contributed by atoms with Gasteiger partial charge in [0, 0.05) is 6.42 Å². The summed E-state index contributed by atoms with van der Waals surface area (Å²) in [6.45, 7) is 0. The number of nitrogens with one attached hydrogen (secondary N) is 1. The molecule has 0 saturated heterocycles. The normalized spacial score (nSPS) is 12.1. The first-order valence-electron chi connectivity index (χ1n) is 12.4. The van der Waals surface area contributed by atoms with Crippen LogP contribution in [0.2, 0.25) is 0 Å². The van der Waals surface area contributed by atoms with Crippen molar-refractivity contribution in [3.63, 3.8) is 0 Å². The Morgan fingerprint density at radius 2 is 1.16 bits per heavy atom. The standard InChI is InChI=1S/C33H31NO3/c1-37-32(36)30(24-14-17-26-15-6-2-7-16-26)34-31(35)25-33(27-18-8-3-9-19-27,28-20-10-4-11-21-28)29-22-12-5-13-23-29/h2-23,30H,24-25H2,1H3,(H,34,35)/b17-14+/t30-/m0/s1. The number of methoxy groups -OCH3 is 1. The number of rotatable bonds is 10. The Hall–Kier alpha value is -4.44. The van der Waals surface area contributed by atoms with Crippen LogP contribution < -0.4 is 5.32 Å². The maximum absolute atomic E-state index is 13.7.